The van der Waals surface area contributed by atoms with Crippen LogP contribution < -0.4 is 66.3 Å². The number of rotatable bonds is 36. The van der Waals surface area contributed by atoms with Crippen LogP contribution >= 0.6 is 11.8 Å². The molecule has 37 N–H and O–H groups in total. The zero-order chi connectivity index (χ0) is 105. The Hall–Kier alpha value is -8.52. The first-order valence-electron chi connectivity index (χ1n) is 46.7. The number of hydrogen-bond donors (Lipinski definition) is 31. The summed E-state index contributed by atoms with van der Waals surface area (Å²) in [6.07, 6.45) is -35.5. The van der Waals surface area contributed by atoms with Gasteiger partial charge in [0, 0.05) is 65.0 Å². The molecule has 38 unspecified atom stereocenters. The van der Waals surface area contributed by atoms with Gasteiger partial charge in [0.15, 0.2) is 37.7 Å². The minimum absolute atomic E-state index is 0.117. The van der Waals surface area contributed by atoms with Crippen LogP contribution in [0.1, 0.15) is 20.3 Å². The van der Waals surface area contributed by atoms with Crippen molar-refractivity contribution in [2.75, 3.05) is 117 Å². The second-order valence-electron chi connectivity index (χ2n) is 35.8. The van der Waals surface area contributed by atoms with Crippen LogP contribution in [0.15, 0.2) is 156 Å². The standard InChI is InChI=1S/C44H63N7O17.C44H61N7O17.C4H10O3S2/c2*1-19(56)48-26-18-62-28(15-53)39(34(26)57)66-43-32(47)37(60)40(29(16-54)64-43)68-44-33(38(61)41(30(17-55)65-44)67-42-31(46)36(59)35(58)27(14-52)63-42)51-25-12-10-24(11-13-25)50-23-8-6-22(7-9-23)49-21-4-2-20(45)3-5-21;1-8-3-2-4-9(5,6)7/h2-13,26-44,49-55,57-61H,14-18,45-47H2,1H3,(H,48,56);2-13,26-44,49,52-55,57-61H,14-18,45-47H2,1H3,(H,48,56);2-4H2,1H3,(H,5,6,7). The molecule has 51 nitrogen and oxygen atoms in total. The fraction of sp³-hybridized carbons (Fsp3) is 0.587. The zero-order valence-electron chi connectivity index (χ0n) is 79.0. The van der Waals surface area contributed by atoms with E-state index in [0.29, 0.717) is 40.6 Å². The van der Waals surface area contributed by atoms with E-state index in [1.165, 1.54) is 13.8 Å². The summed E-state index contributed by atoms with van der Waals surface area (Å²) in [4.78, 5) is 33.0. The lowest BCUT2D eigenvalue weighted by molar-refractivity contribution is -0.355. The highest BCUT2D eigenvalue weighted by atomic mass is 32.2. The molecule has 806 valence electrons. The molecule has 53 heteroatoms. The first kappa shape index (κ1) is 115. The Labute approximate surface area is 837 Å². The molecule has 145 heavy (non-hydrogen) atoms. The number of carbonyl (C=O) groups excluding carboxylic acids is 2. The third-order valence-electron chi connectivity index (χ3n) is 25.2. The summed E-state index contributed by atoms with van der Waals surface area (Å²) in [5.41, 5.74) is 44.9. The van der Waals surface area contributed by atoms with Crippen LogP contribution in [0, 0.1) is 0 Å². The maximum Gasteiger partial charge on any atom is 0.264 e. The molecule has 0 bridgehead atoms. The number of nitrogens with zero attached hydrogens (tertiary/aromatic N) is 2. The first-order chi connectivity index (χ1) is 69.3. The molecule has 0 spiro atoms. The topological polar surface area (TPSA) is 835 Å². The Morgan fingerprint density at radius 3 is 1.03 bits per heavy atom. The van der Waals surface area contributed by atoms with Crippen LogP contribution in [-0.2, 0) is 86.0 Å². The maximum atomic E-state index is 12.1. The van der Waals surface area contributed by atoms with Gasteiger partial charge in [0.05, 0.1) is 125 Å². The second kappa shape index (κ2) is 53.8. The van der Waals surface area contributed by atoms with Crippen molar-refractivity contribution in [1.82, 2.24) is 10.6 Å². The Bertz CT molecular complexity index is 5070. The maximum absolute atomic E-state index is 12.1. The molecule has 1 aliphatic carbocycles. The summed E-state index contributed by atoms with van der Waals surface area (Å²) in [7, 11) is -3.71. The molecule has 14 rings (SSSR count). The van der Waals surface area contributed by atoms with Crippen molar-refractivity contribution < 1.29 is 181 Å². The van der Waals surface area contributed by atoms with Gasteiger partial charge in [-0.25, -0.2) is 4.99 Å². The quantitative estimate of drug-likeness (QED) is 0.00767. The molecule has 5 aromatic carbocycles. The lowest BCUT2D eigenvalue weighted by atomic mass is 9.93. The molecule has 8 heterocycles. The summed E-state index contributed by atoms with van der Waals surface area (Å²) in [6.45, 7) is -3.60. The number of thioether (sulfide) groups is 1. The highest BCUT2D eigenvalue weighted by Gasteiger charge is 2.58. The van der Waals surface area contributed by atoms with E-state index in [2.05, 4.69) is 36.9 Å². The van der Waals surface area contributed by atoms with Crippen molar-refractivity contribution in [1.29, 1.82) is 0 Å². The highest BCUT2D eigenvalue weighted by Crippen LogP contribution is 2.40. The van der Waals surface area contributed by atoms with Gasteiger partial charge in [0.1, 0.15) is 159 Å². The van der Waals surface area contributed by atoms with E-state index in [1.54, 1.807) is 84.6 Å². The predicted molar refractivity (Wildman–Crippen MR) is 519 cm³/mol. The number of ether oxygens (including phenoxy) is 14. The lowest BCUT2D eigenvalue weighted by Gasteiger charge is -2.50. The summed E-state index contributed by atoms with van der Waals surface area (Å²) < 4.78 is 112. The van der Waals surface area contributed by atoms with E-state index in [4.69, 9.17) is 110 Å². The fourth-order valence-corrected chi connectivity index (χ4v) is 18.5. The summed E-state index contributed by atoms with van der Waals surface area (Å²) in [6, 6.07) is 26.2. The number of anilines is 9. The highest BCUT2D eigenvalue weighted by molar-refractivity contribution is 7.98. The van der Waals surface area contributed by atoms with E-state index in [9.17, 15) is 110 Å². The van der Waals surface area contributed by atoms with Crippen LogP contribution in [0.5, 0.6) is 0 Å². The monoisotopic (exact) mass is 2090 g/mol. The number of aliphatic imine (C=N–C) groups is 2. The van der Waals surface area contributed by atoms with Crippen molar-refractivity contribution in [3.63, 3.8) is 0 Å². The van der Waals surface area contributed by atoms with Crippen LogP contribution in [-0.4, -0.2) is 445 Å². The Morgan fingerprint density at radius 1 is 0.379 bits per heavy atom. The van der Waals surface area contributed by atoms with E-state index in [1.807, 2.05) is 79.1 Å². The van der Waals surface area contributed by atoms with Crippen LogP contribution in [0.4, 0.5) is 56.9 Å². The van der Waals surface area contributed by atoms with Gasteiger partial charge in [0.25, 0.3) is 10.1 Å². The minimum atomic E-state index is -3.71. The molecule has 2 amide bonds. The number of aliphatic hydroxyl groups excluding tert-OH is 18. The number of amides is 2. The van der Waals surface area contributed by atoms with Crippen LogP contribution in [0.3, 0.4) is 0 Å². The summed E-state index contributed by atoms with van der Waals surface area (Å²) in [5, 5.41) is 212. The average molecular weight is 2090 g/mol. The number of allylic oxidation sites excluding steroid dienone is 4. The SMILES string of the molecule is CC(=O)NC1COC(CO)C(OC2OC(CO)C(OC3OC(CO)C(OC4OC(CO)C(O)C(O)C4N)C(O)C3N=C3C=CC(=Nc4ccc(Nc5ccc(N)cc5)cc4)C=C3)C(O)C2N)C1O.CC(=O)NC1COC(CO)C(OC2OC(CO)C(OC3OC(CO)C(OC4OC(CO)C(O)C(O)C4N)C(O)C3Nc3ccc(Nc4ccc(Nc5ccc(N)cc5)cc4)cc3)C(O)C2N)C1O.CSCCCS(=O)(=O)O. The Balaban J connectivity index is 0.000000238. The molecule has 8 saturated heterocycles. The van der Waals surface area contributed by atoms with E-state index in [0.717, 1.165) is 34.2 Å². The summed E-state index contributed by atoms with van der Waals surface area (Å²) >= 11 is 1.57. The van der Waals surface area contributed by atoms with Gasteiger partial charge >= 0.3 is 0 Å². The Morgan fingerprint density at radius 2 is 0.676 bits per heavy atom. The number of hydrogen-bond acceptors (Lipinski definition) is 49. The van der Waals surface area contributed by atoms with Gasteiger partial charge in [0.2, 0.25) is 11.8 Å². The van der Waals surface area contributed by atoms with Gasteiger partial charge < -0.3 is 225 Å². The smallest absolute Gasteiger partial charge is 0.264 e. The molecule has 8 aliphatic heterocycles. The van der Waals surface area contributed by atoms with Crippen molar-refractivity contribution in [2.45, 2.75) is 253 Å². The minimum Gasteiger partial charge on any atom is -0.399 e. The molecule has 0 saturated carbocycles. The van der Waals surface area contributed by atoms with Crippen molar-refractivity contribution in [3.05, 3.63) is 146 Å². The molecule has 8 fully saturated rings. The number of benzene rings is 5. The number of nitrogens with one attached hydrogen (secondary N) is 6. The molecule has 9 aliphatic rings. The number of nitrogens with two attached hydrogens (primary N) is 6. The van der Waals surface area contributed by atoms with Gasteiger partial charge in [-0.1, -0.05) is 0 Å². The fourth-order valence-electron chi connectivity index (χ4n) is 17.3. The number of nitrogen functional groups attached to an aromatic ring is 2. The molecule has 5 aromatic rings. The van der Waals surface area contributed by atoms with Crippen molar-refractivity contribution in [3.8, 4) is 0 Å². The van der Waals surface area contributed by atoms with Gasteiger partial charge in [-0.15, -0.1) is 0 Å². The predicted octanol–water partition coefficient (Wildman–Crippen LogP) is -7.49. The zero-order valence-corrected chi connectivity index (χ0v) is 80.6. The third-order valence-corrected chi connectivity index (χ3v) is 26.7. The third kappa shape index (κ3) is 30.0. The normalized spacial score (nSPS) is 36.4. The number of carbonyl (C=O) groups is 2. The first-order valence-corrected chi connectivity index (χ1v) is 49.7. The molecule has 0 radical (unpaired) electrons. The van der Waals surface area contributed by atoms with E-state index >= 15 is 0 Å². The van der Waals surface area contributed by atoms with Crippen molar-refractivity contribution >= 4 is 102 Å². The molecular formula is C92H134N14O37S2. The Kier molecular flexibility index (Phi) is 42.7. The number of aliphatic hydroxyl groups is 18. The largest absolute Gasteiger partial charge is 0.399 e. The molecule has 0 aromatic heterocycles. The van der Waals surface area contributed by atoms with Crippen LogP contribution in [0.2, 0.25) is 0 Å². The molecule has 38 atom stereocenters. The average Bonchev–Trinajstić information content (AvgIpc) is 0.766. The van der Waals surface area contributed by atoms with E-state index < -0.39 is 307 Å². The van der Waals surface area contributed by atoms with Crippen molar-refractivity contribution in [2.24, 2.45) is 32.9 Å². The van der Waals surface area contributed by atoms with Crippen LogP contribution in [0.25, 0.3) is 0 Å². The summed E-state index contributed by atoms with van der Waals surface area (Å²) in [5.74, 6) is -0.260. The second-order valence-corrected chi connectivity index (χ2v) is 38.3. The van der Waals surface area contributed by atoms with Gasteiger partial charge in [-0.3, -0.25) is 19.1 Å². The lowest BCUT2D eigenvalue weighted by Crippen LogP contribution is -2.69. The van der Waals surface area contributed by atoms with Gasteiger partial charge in [-0.2, -0.15) is 20.2 Å². The van der Waals surface area contributed by atoms with E-state index in [-0.39, 0.29) is 24.7 Å². The van der Waals surface area contributed by atoms with Gasteiger partial charge in [-0.05, 0) is 164 Å². The molecular weight excluding hydrogens is 1960 g/mol.